The summed E-state index contributed by atoms with van der Waals surface area (Å²) in [6, 6.07) is 16.5. The van der Waals surface area contributed by atoms with Gasteiger partial charge in [0.15, 0.2) is 5.69 Å². The van der Waals surface area contributed by atoms with Crippen molar-refractivity contribution in [2.24, 2.45) is 5.92 Å². The van der Waals surface area contributed by atoms with Gasteiger partial charge in [-0.05, 0) is 43.9 Å². The number of amides is 1. The Hall–Kier alpha value is -3.59. The van der Waals surface area contributed by atoms with Gasteiger partial charge in [-0.15, -0.1) is 5.10 Å². The zero-order valence-corrected chi connectivity index (χ0v) is 18.0. The van der Waals surface area contributed by atoms with E-state index < -0.39 is 4.92 Å². The molecule has 1 atom stereocenters. The summed E-state index contributed by atoms with van der Waals surface area (Å²) in [5.74, 6) is 0.0999. The summed E-state index contributed by atoms with van der Waals surface area (Å²) in [5, 5.41) is 22.1. The first-order chi connectivity index (χ1) is 15.5. The van der Waals surface area contributed by atoms with Crippen molar-refractivity contribution in [2.75, 3.05) is 19.6 Å². The van der Waals surface area contributed by atoms with Gasteiger partial charge in [0.05, 0.1) is 16.3 Å². The van der Waals surface area contributed by atoms with E-state index in [4.69, 9.17) is 0 Å². The standard InChI is InChI=1S/C23H26N6O3/c1-17-22(25-26-28(17)20-10-5-11-21(13-20)29(31)32)23(30)24-14-19-9-6-12-27(16-19)15-18-7-3-2-4-8-18/h2-5,7-8,10-11,13,19H,6,9,12,14-16H2,1H3,(H,24,30). The van der Waals surface area contributed by atoms with Gasteiger partial charge < -0.3 is 5.32 Å². The zero-order valence-electron chi connectivity index (χ0n) is 18.0. The number of nitrogens with one attached hydrogen (secondary N) is 1. The van der Waals surface area contributed by atoms with Crippen LogP contribution in [0.4, 0.5) is 5.69 Å². The van der Waals surface area contributed by atoms with Crippen molar-refractivity contribution in [3.8, 4) is 5.69 Å². The SMILES string of the molecule is Cc1c(C(=O)NCC2CCCN(Cc3ccccc3)C2)nnn1-c1cccc([N+](=O)[O-])c1. The third-order valence-electron chi connectivity index (χ3n) is 5.80. The van der Waals surface area contributed by atoms with E-state index in [1.54, 1.807) is 19.1 Å². The molecule has 0 bridgehead atoms. The van der Waals surface area contributed by atoms with Gasteiger partial charge in [0.2, 0.25) is 0 Å². The predicted molar refractivity (Wildman–Crippen MR) is 120 cm³/mol. The van der Waals surface area contributed by atoms with E-state index in [0.717, 1.165) is 32.5 Å². The van der Waals surface area contributed by atoms with Crippen LogP contribution < -0.4 is 5.32 Å². The van der Waals surface area contributed by atoms with E-state index in [2.05, 4.69) is 44.8 Å². The van der Waals surface area contributed by atoms with Crippen molar-refractivity contribution in [3.63, 3.8) is 0 Å². The van der Waals surface area contributed by atoms with Crippen molar-refractivity contribution in [1.29, 1.82) is 0 Å². The number of piperidine rings is 1. The maximum absolute atomic E-state index is 12.8. The van der Waals surface area contributed by atoms with E-state index in [9.17, 15) is 14.9 Å². The Morgan fingerprint density at radius 3 is 2.81 bits per heavy atom. The Morgan fingerprint density at radius 2 is 2.03 bits per heavy atom. The normalized spacial score (nSPS) is 16.6. The molecule has 1 amide bonds. The Balaban J connectivity index is 1.36. The zero-order chi connectivity index (χ0) is 22.5. The third-order valence-corrected chi connectivity index (χ3v) is 5.80. The molecule has 2 aromatic carbocycles. The van der Waals surface area contributed by atoms with Crippen LogP contribution in [0.3, 0.4) is 0 Å². The van der Waals surface area contributed by atoms with Crippen LogP contribution in [0.25, 0.3) is 5.69 Å². The second-order valence-electron chi connectivity index (χ2n) is 8.15. The molecule has 0 aliphatic carbocycles. The molecular formula is C23H26N6O3. The lowest BCUT2D eigenvalue weighted by Gasteiger charge is -2.32. The second-order valence-corrected chi connectivity index (χ2v) is 8.15. The molecule has 2 heterocycles. The maximum Gasteiger partial charge on any atom is 0.273 e. The molecule has 32 heavy (non-hydrogen) atoms. The molecule has 0 radical (unpaired) electrons. The fraction of sp³-hybridized carbons (Fsp3) is 0.348. The molecule has 4 rings (SSSR count). The number of likely N-dealkylation sites (tertiary alicyclic amines) is 1. The molecule has 9 nitrogen and oxygen atoms in total. The molecule has 3 aromatic rings. The fourth-order valence-electron chi connectivity index (χ4n) is 4.15. The number of rotatable bonds is 7. The van der Waals surface area contributed by atoms with Crippen LogP contribution >= 0.6 is 0 Å². The second kappa shape index (κ2) is 9.69. The lowest BCUT2D eigenvalue weighted by atomic mass is 9.97. The number of aromatic nitrogens is 3. The molecule has 166 valence electrons. The summed E-state index contributed by atoms with van der Waals surface area (Å²) in [7, 11) is 0. The molecule has 1 N–H and O–H groups in total. The van der Waals surface area contributed by atoms with Gasteiger partial charge in [-0.25, -0.2) is 4.68 Å². The summed E-state index contributed by atoms with van der Waals surface area (Å²) in [4.78, 5) is 25.8. The minimum atomic E-state index is -0.464. The number of nitrogens with zero attached hydrogens (tertiary/aromatic N) is 5. The van der Waals surface area contributed by atoms with E-state index >= 15 is 0 Å². The highest BCUT2D eigenvalue weighted by atomic mass is 16.6. The highest BCUT2D eigenvalue weighted by Crippen LogP contribution is 2.20. The Kier molecular flexibility index (Phi) is 6.55. The smallest absolute Gasteiger partial charge is 0.273 e. The summed E-state index contributed by atoms with van der Waals surface area (Å²) < 4.78 is 1.45. The minimum Gasteiger partial charge on any atom is -0.350 e. The Morgan fingerprint density at radius 1 is 1.22 bits per heavy atom. The number of carbonyl (C=O) groups is 1. The van der Waals surface area contributed by atoms with Crippen molar-refractivity contribution >= 4 is 11.6 Å². The van der Waals surface area contributed by atoms with Gasteiger partial charge in [-0.3, -0.25) is 19.8 Å². The number of benzene rings is 2. The lowest BCUT2D eigenvalue weighted by Crippen LogP contribution is -2.40. The third kappa shape index (κ3) is 5.00. The van der Waals surface area contributed by atoms with Crippen molar-refractivity contribution in [2.45, 2.75) is 26.3 Å². The number of hydrogen-bond donors (Lipinski definition) is 1. The van der Waals surface area contributed by atoms with Crippen LogP contribution in [-0.4, -0.2) is 50.4 Å². The Bertz CT molecular complexity index is 1100. The monoisotopic (exact) mass is 434 g/mol. The van der Waals surface area contributed by atoms with Gasteiger partial charge in [0, 0.05) is 31.8 Å². The lowest BCUT2D eigenvalue weighted by molar-refractivity contribution is -0.384. The highest BCUT2D eigenvalue weighted by Gasteiger charge is 2.23. The number of carbonyl (C=O) groups excluding carboxylic acids is 1. The van der Waals surface area contributed by atoms with Crippen LogP contribution in [0.2, 0.25) is 0 Å². The van der Waals surface area contributed by atoms with Gasteiger partial charge in [0.25, 0.3) is 11.6 Å². The average molecular weight is 435 g/mol. The van der Waals surface area contributed by atoms with E-state index in [1.165, 1.54) is 22.4 Å². The molecular weight excluding hydrogens is 408 g/mol. The van der Waals surface area contributed by atoms with Crippen molar-refractivity contribution in [3.05, 3.63) is 81.7 Å². The number of non-ortho nitro benzene ring substituents is 1. The quantitative estimate of drug-likeness (QED) is 0.452. The maximum atomic E-state index is 12.8. The van der Waals surface area contributed by atoms with Crippen LogP contribution in [0.5, 0.6) is 0 Å². The average Bonchev–Trinajstić information content (AvgIpc) is 3.20. The molecule has 1 saturated heterocycles. The molecule has 1 aromatic heterocycles. The summed E-state index contributed by atoms with van der Waals surface area (Å²) in [6.07, 6.45) is 2.18. The van der Waals surface area contributed by atoms with E-state index in [-0.39, 0.29) is 17.3 Å². The molecule has 1 aliphatic rings. The molecule has 0 spiro atoms. The number of hydrogen-bond acceptors (Lipinski definition) is 6. The summed E-state index contributed by atoms with van der Waals surface area (Å²) in [6.45, 7) is 5.23. The predicted octanol–water partition coefficient (Wildman–Crippen LogP) is 3.13. The van der Waals surface area contributed by atoms with Gasteiger partial charge in [-0.1, -0.05) is 41.6 Å². The summed E-state index contributed by atoms with van der Waals surface area (Å²) in [5.41, 5.74) is 2.52. The van der Waals surface area contributed by atoms with Crippen molar-refractivity contribution < 1.29 is 9.72 Å². The molecule has 1 aliphatic heterocycles. The molecule has 1 fully saturated rings. The van der Waals surface area contributed by atoms with Gasteiger partial charge in [-0.2, -0.15) is 0 Å². The topological polar surface area (TPSA) is 106 Å². The first-order valence-electron chi connectivity index (χ1n) is 10.7. The highest BCUT2D eigenvalue weighted by molar-refractivity contribution is 5.93. The van der Waals surface area contributed by atoms with Crippen LogP contribution in [-0.2, 0) is 6.54 Å². The van der Waals surface area contributed by atoms with Crippen LogP contribution in [0.15, 0.2) is 54.6 Å². The first kappa shape index (κ1) is 21.6. The Labute approximate surface area is 186 Å². The van der Waals surface area contributed by atoms with Crippen LogP contribution in [0.1, 0.15) is 34.6 Å². The van der Waals surface area contributed by atoms with Gasteiger partial charge >= 0.3 is 0 Å². The number of nitro groups is 1. The van der Waals surface area contributed by atoms with E-state index in [1.807, 2.05) is 6.07 Å². The number of nitro benzene ring substituents is 1. The summed E-state index contributed by atoms with van der Waals surface area (Å²) >= 11 is 0. The fourth-order valence-corrected chi connectivity index (χ4v) is 4.15. The van der Waals surface area contributed by atoms with Crippen LogP contribution in [0, 0.1) is 23.0 Å². The van der Waals surface area contributed by atoms with Gasteiger partial charge in [0.1, 0.15) is 0 Å². The molecule has 0 saturated carbocycles. The minimum absolute atomic E-state index is 0.0410. The molecule has 9 heteroatoms. The van der Waals surface area contributed by atoms with E-state index in [0.29, 0.717) is 23.8 Å². The largest absolute Gasteiger partial charge is 0.350 e. The van der Waals surface area contributed by atoms with Crippen molar-refractivity contribution in [1.82, 2.24) is 25.2 Å². The molecule has 1 unspecified atom stereocenters. The first-order valence-corrected chi connectivity index (χ1v) is 10.7.